The van der Waals surface area contributed by atoms with Gasteiger partial charge in [-0.25, -0.2) is 0 Å². The van der Waals surface area contributed by atoms with E-state index in [-0.39, 0.29) is 36.2 Å². The molecule has 2 unspecified atom stereocenters. The van der Waals surface area contributed by atoms with Crippen molar-refractivity contribution in [1.82, 2.24) is 5.32 Å². The van der Waals surface area contributed by atoms with Crippen LogP contribution in [0.1, 0.15) is 50.0 Å². The van der Waals surface area contributed by atoms with Gasteiger partial charge in [-0.05, 0) is 50.5 Å². The van der Waals surface area contributed by atoms with Gasteiger partial charge in [-0.2, -0.15) is 0 Å². The third-order valence-electron chi connectivity index (χ3n) is 3.72. The van der Waals surface area contributed by atoms with E-state index < -0.39 is 6.04 Å². The van der Waals surface area contributed by atoms with Crippen LogP contribution in [-0.4, -0.2) is 23.9 Å². The van der Waals surface area contributed by atoms with Gasteiger partial charge in [0.2, 0.25) is 5.91 Å². The van der Waals surface area contributed by atoms with Crippen molar-refractivity contribution in [2.24, 2.45) is 11.7 Å². The maximum absolute atomic E-state index is 12.1. The predicted octanol–water partition coefficient (Wildman–Crippen LogP) is 2.87. The first-order chi connectivity index (χ1) is 10.3. The number of nitrogens with two attached hydrogens (primary N) is 1. The van der Waals surface area contributed by atoms with Crippen molar-refractivity contribution < 1.29 is 9.59 Å². The van der Waals surface area contributed by atoms with E-state index >= 15 is 0 Å². The van der Waals surface area contributed by atoms with Gasteiger partial charge in [0.1, 0.15) is 0 Å². The number of hydrogen-bond acceptors (Lipinski definition) is 3. The summed E-state index contributed by atoms with van der Waals surface area (Å²) in [7, 11) is 0. The number of rotatable bonds is 6. The van der Waals surface area contributed by atoms with Crippen LogP contribution in [0.15, 0.2) is 18.2 Å². The highest BCUT2D eigenvalue weighted by molar-refractivity contribution is 5.98. The molecule has 23 heavy (non-hydrogen) atoms. The van der Waals surface area contributed by atoms with Crippen molar-refractivity contribution in [2.75, 3.05) is 5.32 Å². The monoisotopic (exact) mass is 341 g/mol. The number of carbonyl (C=O) groups is 2. The zero-order chi connectivity index (χ0) is 16.9. The summed E-state index contributed by atoms with van der Waals surface area (Å²) < 4.78 is 0. The summed E-state index contributed by atoms with van der Waals surface area (Å²) in [6.45, 7) is 9.63. The van der Waals surface area contributed by atoms with Crippen LogP contribution in [0.2, 0.25) is 0 Å². The van der Waals surface area contributed by atoms with Crippen molar-refractivity contribution >= 4 is 29.9 Å². The number of aryl methyl sites for hydroxylation is 1. The lowest BCUT2D eigenvalue weighted by Gasteiger charge is -2.18. The molecule has 6 heteroatoms. The number of anilines is 1. The average Bonchev–Trinajstić information content (AvgIpc) is 2.44. The molecule has 2 atom stereocenters. The normalized spacial score (nSPS) is 13.0. The summed E-state index contributed by atoms with van der Waals surface area (Å²) in [6, 6.07) is 4.78. The van der Waals surface area contributed by atoms with Gasteiger partial charge in [0.15, 0.2) is 0 Å². The fraction of sp³-hybridized carbons (Fsp3) is 0.529. The molecule has 2 amide bonds. The molecule has 0 aromatic heterocycles. The predicted molar refractivity (Wildman–Crippen MR) is 97.1 cm³/mol. The molecule has 0 saturated carbocycles. The number of halogens is 1. The van der Waals surface area contributed by atoms with Gasteiger partial charge in [-0.3, -0.25) is 9.59 Å². The van der Waals surface area contributed by atoms with Crippen LogP contribution in [0.3, 0.4) is 0 Å². The van der Waals surface area contributed by atoms with E-state index in [0.717, 1.165) is 12.0 Å². The zero-order valence-corrected chi connectivity index (χ0v) is 15.3. The average molecular weight is 342 g/mol. The Morgan fingerprint density at radius 2 is 1.83 bits per heavy atom. The molecule has 0 spiro atoms. The molecule has 0 aliphatic heterocycles. The van der Waals surface area contributed by atoms with Gasteiger partial charge in [-0.1, -0.05) is 20.3 Å². The highest BCUT2D eigenvalue weighted by Gasteiger charge is 2.19. The summed E-state index contributed by atoms with van der Waals surface area (Å²) in [6.07, 6.45) is 0.849. The molecule has 0 saturated heterocycles. The lowest BCUT2D eigenvalue weighted by Crippen LogP contribution is -2.40. The summed E-state index contributed by atoms with van der Waals surface area (Å²) in [5.41, 5.74) is 7.99. The number of amides is 2. The molecular formula is C17H28ClN3O2. The lowest BCUT2D eigenvalue weighted by molar-refractivity contribution is -0.118. The second-order valence-electron chi connectivity index (χ2n) is 6.06. The Hall–Kier alpha value is -1.59. The summed E-state index contributed by atoms with van der Waals surface area (Å²) in [5.74, 6) is -0.188. The van der Waals surface area contributed by atoms with Crippen LogP contribution >= 0.6 is 12.4 Å². The number of benzene rings is 1. The van der Waals surface area contributed by atoms with E-state index in [2.05, 4.69) is 10.6 Å². The summed E-state index contributed by atoms with van der Waals surface area (Å²) in [5, 5.41) is 5.66. The summed E-state index contributed by atoms with van der Waals surface area (Å²) >= 11 is 0. The second-order valence-corrected chi connectivity index (χ2v) is 6.06. The Labute approximate surface area is 144 Å². The van der Waals surface area contributed by atoms with Crippen LogP contribution in [0, 0.1) is 12.8 Å². The first-order valence-corrected chi connectivity index (χ1v) is 7.74. The maximum Gasteiger partial charge on any atom is 0.251 e. The fourth-order valence-electron chi connectivity index (χ4n) is 2.07. The number of hydrogen-bond donors (Lipinski definition) is 3. The van der Waals surface area contributed by atoms with Gasteiger partial charge < -0.3 is 16.4 Å². The highest BCUT2D eigenvalue weighted by atomic mass is 35.5. The van der Waals surface area contributed by atoms with Gasteiger partial charge in [0, 0.05) is 17.3 Å². The molecule has 0 fully saturated rings. The van der Waals surface area contributed by atoms with E-state index in [9.17, 15) is 9.59 Å². The second kappa shape index (κ2) is 9.53. The standard InChI is InChI=1S/C17H27N3O2.ClH/c1-6-11(4)15(18)17(22)20-13-7-8-14(12(5)9-13)16(21)19-10(2)3;/h7-11,15H,6,18H2,1-5H3,(H,19,21)(H,20,22);1H. The molecule has 5 nitrogen and oxygen atoms in total. The van der Waals surface area contributed by atoms with Crippen molar-refractivity contribution in [3.8, 4) is 0 Å². The Balaban J connectivity index is 0.00000484. The smallest absolute Gasteiger partial charge is 0.251 e. The van der Waals surface area contributed by atoms with Crippen molar-refractivity contribution in [3.05, 3.63) is 29.3 Å². The first kappa shape index (κ1) is 21.4. The van der Waals surface area contributed by atoms with E-state index in [1.54, 1.807) is 18.2 Å². The van der Waals surface area contributed by atoms with Crippen molar-refractivity contribution in [3.63, 3.8) is 0 Å². The van der Waals surface area contributed by atoms with E-state index in [0.29, 0.717) is 11.3 Å². The van der Waals surface area contributed by atoms with E-state index in [1.807, 2.05) is 34.6 Å². The topological polar surface area (TPSA) is 84.2 Å². The highest BCUT2D eigenvalue weighted by Crippen LogP contribution is 2.16. The Morgan fingerprint density at radius 3 is 2.30 bits per heavy atom. The Kier molecular flexibility index (Phi) is 8.87. The van der Waals surface area contributed by atoms with E-state index in [1.165, 1.54) is 0 Å². The van der Waals surface area contributed by atoms with Crippen LogP contribution in [0.5, 0.6) is 0 Å². The molecule has 1 aromatic carbocycles. The quantitative estimate of drug-likeness (QED) is 0.743. The summed E-state index contributed by atoms with van der Waals surface area (Å²) in [4.78, 5) is 24.1. The first-order valence-electron chi connectivity index (χ1n) is 7.74. The minimum absolute atomic E-state index is 0. The Bertz CT molecular complexity index is 547. The molecule has 0 aliphatic carbocycles. The van der Waals surface area contributed by atoms with Crippen LogP contribution in [0.4, 0.5) is 5.69 Å². The molecule has 4 N–H and O–H groups in total. The van der Waals surface area contributed by atoms with Gasteiger partial charge in [0.05, 0.1) is 6.04 Å². The minimum Gasteiger partial charge on any atom is -0.350 e. The third kappa shape index (κ3) is 6.20. The van der Waals surface area contributed by atoms with Crippen molar-refractivity contribution in [2.45, 2.75) is 53.1 Å². The van der Waals surface area contributed by atoms with Crippen LogP contribution < -0.4 is 16.4 Å². The SMILES string of the molecule is CCC(C)C(N)C(=O)Nc1ccc(C(=O)NC(C)C)c(C)c1.Cl. The lowest BCUT2D eigenvalue weighted by atomic mass is 9.99. The third-order valence-corrected chi connectivity index (χ3v) is 3.72. The molecule has 1 aromatic rings. The molecule has 1 rings (SSSR count). The van der Waals surface area contributed by atoms with Gasteiger partial charge >= 0.3 is 0 Å². The molecular weight excluding hydrogens is 314 g/mol. The largest absolute Gasteiger partial charge is 0.350 e. The fourth-order valence-corrected chi connectivity index (χ4v) is 2.07. The molecule has 0 aliphatic rings. The number of carbonyl (C=O) groups excluding carboxylic acids is 2. The minimum atomic E-state index is -0.533. The van der Waals surface area contributed by atoms with Gasteiger partial charge in [-0.15, -0.1) is 12.4 Å². The van der Waals surface area contributed by atoms with Crippen LogP contribution in [0.25, 0.3) is 0 Å². The Morgan fingerprint density at radius 1 is 1.22 bits per heavy atom. The maximum atomic E-state index is 12.1. The molecule has 130 valence electrons. The molecule has 0 radical (unpaired) electrons. The van der Waals surface area contributed by atoms with E-state index in [4.69, 9.17) is 5.73 Å². The van der Waals surface area contributed by atoms with Gasteiger partial charge in [0.25, 0.3) is 5.91 Å². The van der Waals surface area contributed by atoms with Crippen LogP contribution in [-0.2, 0) is 4.79 Å². The molecule has 0 bridgehead atoms. The number of nitrogens with one attached hydrogen (secondary N) is 2. The molecule has 0 heterocycles. The van der Waals surface area contributed by atoms with Crippen molar-refractivity contribution in [1.29, 1.82) is 0 Å². The zero-order valence-electron chi connectivity index (χ0n) is 14.5.